The molecule has 1 aliphatic carbocycles. The van der Waals surface area contributed by atoms with Crippen molar-refractivity contribution in [2.45, 2.75) is 51.1 Å². The Morgan fingerprint density at radius 1 is 1.59 bits per heavy atom. The van der Waals surface area contributed by atoms with Gasteiger partial charge in [-0.3, -0.25) is 9.79 Å². The SMILES string of the molecule is CC(CC(N)=O)NC1=NC2CCCCC2CS1. The molecule has 1 saturated carbocycles. The Kier molecular flexibility index (Phi) is 4.31. The van der Waals surface area contributed by atoms with Gasteiger partial charge in [-0.15, -0.1) is 0 Å². The van der Waals surface area contributed by atoms with Crippen molar-refractivity contribution in [3.63, 3.8) is 0 Å². The standard InChI is InChI=1S/C12H21N3OS/c1-8(6-11(13)16)14-12-15-10-5-3-2-4-9(10)7-17-12/h8-10H,2-7H2,1H3,(H2,13,16)(H,14,15). The lowest BCUT2D eigenvalue weighted by molar-refractivity contribution is -0.118. The Balaban J connectivity index is 1.89. The fraction of sp³-hybridized carbons (Fsp3) is 0.833. The van der Waals surface area contributed by atoms with Crippen LogP contribution in [0.1, 0.15) is 39.0 Å². The Bertz CT molecular complexity index is 319. The van der Waals surface area contributed by atoms with Gasteiger partial charge in [-0.05, 0) is 25.7 Å². The lowest BCUT2D eigenvalue weighted by Gasteiger charge is -2.33. The highest BCUT2D eigenvalue weighted by atomic mass is 32.2. The van der Waals surface area contributed by atoms with E-state index in [2.05, 4.69) is 5.32 Å². The normalized spacial score (nSPS) is 30.1. The molecule has 5 heteroatoms. The van der Waals surface area contributed by atoms with Crippen molar-refractivity contribution >= 4 is 22.8 Å². The summed E-state index contributed by atoms with van der Waals surface area (Å²) >= 11 is 1.79. The second-order valence-electron chi connectivity index (χ2n) is 5.07. The zero-order chi connectivity index (χ0) is 12.3. The predicted octanol–water partition coefficient (Wildman–Crippen LogP) is 1.50. The van der Waals surface area contributed by atoms with Gasteiger partial charge in [0.15, 0.2) is 5.17 Å². The highest BCUT2D eigenvalue weighted by Gasteiger charge is 2.29. The molecule has 2 rings (SSSR count). The average molecular weight is 255 g/mol. The molecular weight excluding hydrogens is 234 g/mol. The molecule has 0 bridgehead atoms. The van der Waals surface area contributed by atoms with E-state index in [0.717, 1.165) is 11.1 Å². The zero-order valence-corrected chi connectivity index (χ0v) is 11.1. The van der Waals surface area contributed by atoms with Gasteiger partial charge in [-0.1, -0.05) is 24.6 Å². The number of aliphatic imine (C=N–C) groups is 1. The van der Waals surface area contributed by atoms with Crippen LogP contribution < -0.4 is 11.1 Å². The minimum absolute atomic E-state index is 0.0823. The number of carbonyl (C=O) groups excluding carboxylic acids is 1. The first-order valence-electron chi connectivity index (χ1n) is 6.40. The van der Waals surface area contributed by atoms with Crippen LogP contribution in [0.4, 0.5) is 0 Å². The molecule has 17 heavy (non-hydrogen) atoms. The third-order valence-corrected chi connectivity index (χ3v) is 4.55. The molecule has 3 N–H and O–H groups in total. The van der Waals surface area contributed by atoms with E-state index in [1.807, 2.05) is 6.92 Å². The van der Waals surface area contributed by atoms with Crippen molar-refractivity contribution in [1.82, 2.24) is 5.32 Å². The van der Waals surface area contributed by atoms with Crippen molar-refractivity contribution < 1.29 is 4.79 Å². The summed E-state index contributed by atoms with van der Waals surface area (Å²) in [7, 11) is 0. The van der Waals surface area contributed by atoms with Crippen LogP contribution in [-0.4, -0.2) is 28.9 Å². The van der Waals surface area contributed by atoms with Crippen molar-refractivity contribution in [1.29, 1.82) is 0 Å². The van der Waals surface area contributed by atoms with E-state index in [4.69, 9.17) is 10.7 Å². The van der Waals surface area contributed by atoms with E-state index in [1.165, 1.54) is 31.4 Å². The van der Waals surface area contributed by atoms with Crippen molar-refractivity contribution in [3.05, 3.63) is 0 Å². The van der Waals surface area contributed by atoms with Crippen molar-refractivity contribution in [2.75, 3.05) is 5.75 Å². The Labute approximate surface area is 107 Å². The van der Waals surface area contributed by atoms with Crippen LogP contribution >= 0.6 is 11.8 Å². The number of fused-ring (bicyclic) bond motifs is 1. The number of nitrogens with two attached hydrogens (primary N) is 1. The first kappa shape index (κ1) is 12.7. The molecule has 0 radical (unpaired) electrons. The van der Waals surface area contributed by atoms with Crippen LogP contribution in [0, 0.1) is 5.92 Å². The van der Waals surface area contributed by atoms with E-state index in [1.54, 1.807) is 11.8 Å². The average Bonchev–Trinajstić information content (AvgIpc) is 2.27. The van der Waals surface area contributed by atoms with Gasteiger partial charge in [0.05, 0.1) is 6.04 Å². The van der Waals surface area contributed by atoms with Crippen LogP contribution in [0.15, 0.2) is 4.99 Å². The largest absolute Gasteiger partial charge is 0.370 e. The highest BCUT2D eigenvalue weighted by Crippen LogP contribution is 2.33. The highest BCUT2D eigenvalue weighted by molar-refractivity contribution is 8.13. The molecule has 0 saturated heterocycles. The summed E-state index contributed by atoms with van der Waals surface area (Å²) in [4.78, 5) is 15.6. The molecule has 1 heterocycles. The molecule has 0 aromatic rings. The fourth-order valence-corrected chi connectivity index (χ4v) is 3.82. The summed E-state index contributed by atoms with van der Waals surface area (Å²) in [5.41, 5.74) is 5.18. The second-order valence-corrected chi connectivity index (χ2v) is 6.08. The molecule has 3 atom stereocenters. The number of rotatable bonds is 3. The molecule has 1 fully saturated rings. The number of amidine groups is 1. The third-order valence-electron chi connectivity index (χ3n) is 3.46. The first-order chi connectivity index (χ1) is 8.15. The number of carbonyl (C=O) groups is 1. The monoisotopic (exact) mass is 255 g/mol. The first-order valence-corrected chi connectivity index (χ1v) is 7.39. The van der Waals surface area contributed by atoms with E-state index < -0.39 is 0 Å². The number of primary amides is 1. The van der Waals surface area contributed by atoms with Gasteiger partial charge in [0, 0.05) is 18.2 Å². The van der Waals surface area contributed by atoms with Crippen LogP contribution in [0.25, 0.3) is 0 Å². The summed E-state index contributed by atoms with van der Waals surface area (Å²) < 4.78 is 0. The van der Waals surface area contributed by atoms with Crippen LogP contribution in [0.3, 0.4) is 0 Å². The second kappa shape index (κ2) is 5.76. The number of hydrogen-bond donors (Lipinski definition) is 2. The maximum absolute atomic E-state index is 10.8. The molecule has 0 aromatic carbocycles. The quantitative estimate of drug-likeness (QED) is 0.803. The molecule has 1 amide bonds. The lowest BCUT2D eigenvalue weighted by atomic mass is 9.86. The molecule has 4 nitrogen and oxygen atoms in total. The van der Waals surface area contributed by atoms with Crippen molar-refractivity contribution in [2.24, 2.45) is 16.6 Å². The number of nitrogens with one attached hydrogen (secondary N) is 1. The summed E-state index contributed by atoms with van der Waals surface area (Å²) in [6, 6.07) is 0.590. The molecule has 2 aliphatic rings. The van der Waals surface area contributed by atoms with Crippen LogP contribution in [-0.2, 0) is 4.79 Å². The Hall–Kier alpha value is -0.710. The van der Waals surface area contributed by atoms with Crippen LogP contribution in [0.5, 0.6) is 0 Å². The minimum atomic E-state index is -0.262. The molecule has 0 spiro atoms. The van der Waals surface area contributed by atoms with Crippen molar-refractivity contribution in [3.8, 4) is 0 Å². The zero-order valence-electron chi connectivity index (χ0n) is 10.3. The number of amides is 1. The minimum Gasteiger partial charge on any atom is -0.370 e. The van der Waals surface area contributed by atoms with Gasteiger partial charge >= 0.3 is 0 Å². The molecule has 3 unspecified atom stereocenters. The van der Waals surface area contributed by atoms with Gasteiger partial charge in [0.2, 0.25) is 5.91 Å². The summed E-state index contributed by atoms with van der Waals surface area (Å²) in [6.07, 6.45) is 5.58. The van der Waals surface area contributed by atoms with E-state index in [0.29, 0.717) is 12.5 Å². The Morgan fingerprint density at radius 2 is 2.35 bits per heavy atom. The Morgan fingerprint density at radius 3 is 3.12 bits per heavy atom. The number of nitrogens with zero attached hydrogens (tertiary/aromatic N) is 1. The number of thioether (sulfide) groups is 1. The smallest absolute Gasteiger partial charge is 0.219 e. The predicted molar refractivity (Wildman–Crippen MR) is 72.0 cm³/mol. The maximum Gasteiger partial charge on any atom is 0.219 e. The summed E-state index contributed by atoms with van der Waals surface area (Å²) in [5.74, 6) is 1.67. The molecular formula is C12H21N3OS. The van der Waals surface area contributed by atoms with E-state index >= 15 is 0 Å². The summed E-state index contributed by atoms with van der Waals surface area (Å²) in [5, 5.41) is 4.30. The summed E-state index contributed by atoms with van der Waals surface area (Å²) in [6.45, 7) is 1.97. The third kappa shape index (κ3) is 3.63. The maximum atomic E-state index is 10.8. The number of hydrogen-bond acceptors (Lipinski definition) is 4. The van der Waals surface area contributed by atoms with Crippen LogP contribution in [0.2, 0.25) is 0 Å². The van der Waals surface area contributed by atoms with Gasteiger partial charge < -0.3 is 11.1 Å². The lowest BCUT2D eigenvalue weighted by Crippen LogP contribution is -2.39. The molecule has 96 valence electrons. The van der Waals surface area contributed by atoms with Gasteiger partial charge in [0.25, 0.3) is 0 Å². The van der Waals surface area contributed by atoms with Gasteiger partial charge in [-0.25, -0.2) is 0 Å². The molecule has 1 aliphatic heterocycles. The van der Waals surface area contributed by atoms with E-state index in [9.17, 15) is 4.79 Å². The molecule has 0 aromatic heterocycles. The fourth-order valence-electron chi connectivity index (χ4n) is 2.57. The van der Waals surface area contributed by atoms with E-state index in [-0.39, 0.29) is 11.9 Å². The topological polar surface area (TPSA) is 67.5 Å². The van der Waals surface area contributed by atoms with Gasteiger partial charge in [-0.2, -0.15) is 0 Å². The van der Waals surface area contributed by atoms with Gasteiger partial charge in [0.1, 0.15) is 0 Å².